The van der Waals surface area contributed by atoms with Gasteiger partial charge in [0.2, 0.25) is 5.95 Å². The Bertz CT molecular complexity index is 317. The summed E-state index contributed by atoms with van der Waals surface area (Å²) >= 11 is 0. The van der Waals surface area contributed by atoms with Gasteiger partial charge < -0.3 is 10.8 Å². The number of nitrogens with two attached hydrogens (primary N) is 1. The summed E-state index contributed by atoms with van der Waals surface area (Å²) in [5.41, 5.74) is 4.28. The smallest absolute Gasteiger partial charge is 0.264 e. The molecule has 0 saturated carbocycles. The number of anilines is 1. The Morgan fingerprint density at radius 1 is 1.54 bits per heavy atom. The Kier molecular flexibility index (Phi) is 2.72. The van der Waals surface area contributed by atoms with Gasteiger partial charge in [-0.05, 0) is 0 Å². The first kappa shape index (κ1) is 9.79. The van der Waals surface area contributed by atoms with Crippen molar-refractivity contribution in [3.8, 4) is 0 Å². The molecule has 0 bridgehead atoms. The van der Waals surface area contributed by atoms with Gasteiger partial charge in [-0.2, -0.15) is 4.39 Å². The summed E-state index contributed by atoms with van der Waals surface area (Å²) in [7, 11) is 0. The van der Waals surface area contributed by atoms with Crippen molar-refractivity contribution in [2.75, 3.05) is 5.73 Å². The van der Waals surface area contributed by atoms with Gasteiger partial charge in [-0.1, -0.05) is 0 Å². The normalized spacial score (nSPS) is 10.8. The van der Waals surface area contributed by atoms with Crippen molar-refractivity contribution in [3.63, 3.8) is 0 Å². The average molecular weight is 192 g/mol. The second-order valence-corrected chi connectivity index (χ2v) is 2.36. The molecule has 1 aromatic heterocycles. The first-order valence-corrected chi connectivity index (χ1v) is 3.40. The molecule has 1 aromatic rings. The maximum absolute atomic E-state index is 12.5. The number of nitrogens with zero attached hydrogens (tertiary/aromatic N) is 1. The van der Waals surface area contributed by atoms with E-state index in [4.69, 9.17) is 10.8 Å². The zero-order valence-corrected chi connectivity index (χ0v) is 6.47. The van der Waals surface area contributed by atoms with Gasteiger partial charge >= 0.3 is 0 Å². The van der Waals surface area contributed by atoms with Crippen LogP contribution in [0.3, 0.4) is 0 Å². The Labute approximate surface area is 72.0 Å². The fourth-order valence-corrected chi connectivity index (χ4v) is 0.945. The largest absolute Gasteiger partial charge is 0.392 e. The zero-order chi connectivity index (χ0) is 10.0. The minimum absolute atomic E-state index is 0.226. The molecular formula is C7H7F3N2O. The van der Waals surface area contributed by atoms with Crippen LogP contribution in [0.5, 0.6) is 0 Å². The van der Waals surface area contributed by atoms with Crippen LogP contribution in [0.1, 0.15) is 17.6 Å². The average Bonchev–Trinajstić information content (AvgIpc) is 2.02. The van der Waals surface area contributed by atoms with Gasteiger partial charge in [0.15, 0.2) is 0 Å². The third kappa shape index (κ3) is 1.89. The van der Waals surface area contributed by atoms with Gasteiger partial charge in [0, 0.05) is 17.2 Å². The van der Waals surface area contributed by atoms with E-state index in [-0.39, 0.29) is 5.56 Å². The standard InChI is InChI=1S/C7H7F3N2O/c8-5-1-3(6(9)10)4(2-13)7(11)12-5/h1,6,13H,2H2,(H2,11,12). The van der Waals surface area contributed by atoms with Crippen molar-refractivity contribution in [1.29, 1.82) is 0 Å². The molecule has 0 atom stereocenters. The van der Waals surface area contributed by atoms with Crippen LogP contribution in [0.25, 0.3) is 0 Å². The van der Waals surface area contributed by atoms with Crippen LogP contribution in [-0.4, -0.2) is 10.1 Å². The van der Waals surface area contributed by atoms with E-state index in [1.54, 1.807) is 0 Å². The van der Waals surface area contributed by atoms with Crippen LogP contribution in [0.15, 0.2) is 6.07 Å². The predicted molar refractivity (Wildman–Crippen MR) is 39.5 cm³/mol. The predicted octanol–water partition coefficient (Wildman–Crippen LogP) is 1.23. The lowest BCUT2D eigenvalue weighted by molar-refractivity contribution is 0.146. The van der Waals surface area contributed by atoms with E-state index in [2.05, 4.69) is 4.98 Å². The van der Waals surface area contributed by atoms with E-state index in [9.17, 15) is 13.2 Å². The molecule has 0 spiro atoms. The maximum Gasteiger partial charge on any atom is 0.264 e. The maximum atomic E-state index is 12.5. The highest BCUT2D eigenvalue weighted by molar-refractivity contribution is 5.44. The molecule has 0 radical (unpaired) electrons. The molecule has 0 aromatic carbocycles. The van der Waals surface area contributed by atoms with Crippen molar-refractivity contribution in [2.24, 2.45) is 0 Å². The molecular weight excluding hydrogens is 185 g/mol. The van der Waals surface area contributed by atoms with E-state index < -0.39 is 30.4 Å². The molecule has 0 fully saturated rings. The number of aliphatic hydroxyl groups is 1. The molecule has 72 valence electrons. The number of hydrogen-bond donors (Lipinski definition) is 2. The fraction of sp³-hybridized carbons (Fsp3) is 0.286. The molecule has 0 aliphatic rings. The van der Waals surface area contributed by atoms with Gasteiger partial charge in [-0.3, -0.25) is 0 Å². The fourth-order valence-electron chi connectivity index (χ4n) is 0.945. The van der Waals surface area contributed by atoms with Gasteiger partial charge in [0.25, 0.3) is 6.43 Å². The lowest BCUT2D eigenvalue weighted by atomic mass is 10.1. The van der Waals surface area contributed by atoms with Gasteiger partial charge in [0.1, 0.15) is 5.82 Å². The molecule has 13 heavy (non-hydrogen) atoms. The zero-order valence-electron chi connectivity index (χ0n) is 6.47. The number of aromatic nitrogens is 1. The third-order valence-electron chi connectivity index (χ3n) is 1.55. The summed E-state index contributed by atoms with van der Waals surface area (Å²) in [6, 6.07) is 0.562. The SMILES string of the molecule is Nc1nc(F)cc(C(F)F)c1CO. The quantitative estimate of drug-likeness (QED) is 0.693. The Hall–Kier alpha value is -1.30. The highest BCUT2D eigenvalue weighted by Crippen LogP contribution is 2.26. The molecule has 6 heteroatoms. The molecule has 0 amide bonds. The first-order chi connectivity index (χ1) is 6.06. The van der Waals surface area contributed by atoms with Crippen LogP contribution in [0.4, 0.5) is 19.0 Å². The monoisotopic (exact) mass is 192 g/mol. The number of pyridine rings is 1. The number of aliphatic hydroxyl groups excluding tert-OH is 1. The molecule has 0 aliphatic carbocycles. The number of nitrogen functional groups attached to an aromatic ring is 1. The Balaban J connectivity index is 3.29. The molecule has 0 aliphatic heterocycles. The molecule has 1 rings (SSSR count). The van der Waals surface area contributed by atoms with Crippen LogP contribution < -0.4 is 5.73 Å². The van der Waals surface area contributed by atoms with Crippen molar-refractivity contribution >= 4 is 5.82 Å². The molecule has 0 saturated heterocycles. The summed E-state index contributed by atoms with van der Waals surface area (Å²) in [5.74, 6) is -1.48. The molecule has 1 heterocycles. The van der Waals surface area contributed by atoms with Crippen molar-refractivity contribution in [3.05, 3.63) is 23.1 Å². The summed E-state index contributed by atoms with van der Waals surface area (Å²) in [4.78, 5) is 3.11. The summed E-state index contributed by atoms with van der Waals surface area (Å²) in [6.07, 6.45) is -2.87. The topological polar surface area (TPSA) is 59.1 Å². The van der Waals surface area contributed by atoms with Gasteiger partial charge in [-0.15, -0.1) is 0 Å². The van der Waals surface area contributed by atoms with E-state index in [0.29, 0.717) is 6.07 Å². The highest BCUT2D eigenvalue weighted by Gasteiger charge is 2.17. The van der Waals surface area contributed by atoms with Crippen LogP contribution in [-0.2, 0) is 6.61 Å². The van der Waals surface area contributed by atoms with E-state index >= 15 is 0 Å². The van der Waals surface area contributed by atoms with Gasteiger partial charge in [0.05, 0.1) is 6.61 Å². The third-order valence-corrected chi connectivity index (χ3v) is 1.55. The molecule has 0 unspecified atom stereocenters. The van der Waals surface area contributed by atoms with Crippen LogP contribution in [0.2, 0.25) is 0 Å². The number of hydrogen-bond acceptors (Lipinski definition) is 3. The first-order valence-electron chi connectivity index (χ1n) is 3.40. The van der Waals surface area contributed by atoms with Crippen LogP contribution in [0, 0.1) is 5.95 Å². The van der Waals surface area contributed by atoms with Crippen LogP contribution >= 0.6 is 0 Å². The highest BCUT2D eigenvalue weighted by atomic mass is 19.3. The second kappa shape index (κ2) is 3.61. The molecule has 3 nitrogen and oxygen atoms in total. The molecule has 3 N–H and O–H groups in total. The lowest BCUT2D eigenvalue weighted by Gasteiger charge is -2.08. The summed E-state index contributed by atoms with van der Waals surface area (Å²) in [5, 5.41) is 8.66. The Morgan fingerprint density at radius 2 is 2.15 bits per heavy atom. The lowest BCUT2D eigenvalue weighted by Crippen LogP contribution is -2.05. The number of rotatable bonds is 2. The number of alkyl halides is 2. The van der Waals surface area contributed by atoms with Gasteiger partial charge in [-0.25, -0.2) is 13.8 Å². The minimum atomic E-state index is -2.87. The summed E-state index contributed by atoms with van der Waals surface area (Å²) < 4.78 is 36.9. The Morgan fingerprint density at radius 3 is 2.62 bits per heavy atom. The van der Waals surface area contributed by atoms with Crippen molar-refractivity contribution in [1.82, 2.24) is 4.98 Å². The summed E-state index contributed by atoms with van der Waals surface area (Å²) in [6.45, 7) is -0.682. The minimum Gasteiger partial charge on any atom is -0.392 e. The van der Waals surface area contributed by atoms with E-state index in [1.165, 1.54) is 0 Å². The van der Waals surface area contributed by atoms with Crippen molar-refractivity contribution in [2.45, 2.75) is 13.0 Å². The number of halogens is 3. The van der Waals surface area contributed by atoms with E-state index in [0.717, 1.165) is 0 Å². The second-order valence-electron chi connectivity index (χ2n) is 2.36. The van der Waals surface area contributed by atoms with E-state index in [1.807, 2.05) is 0 Å². The van der Waals surface area contributed by atoms with Crippen molar-refractivity contribution < 1.29 is 18.3 Å².